The molecule has 96 valence electrons. The van der Waals surface area contributed by atoms with Crippen LogP contribution in [0.15, 0.2) is 12.2 Å². The van der Waals surface area contributed by atoms with Gasteiger partial charge in [0.05, 0.1) is 12.7 Å². The summed E-state index contributed by atoms with van der Waals surface area (Å²) in [6.07, 6.45) is 3.89. The van der Waals surface area contributed by atoms with Gasteiger partial charge in [0, 0.05) is 0 Å². The average molecular weight is 244 g/mol. The first kappa shape index (κ1) is 15.9. The lowest BCUT2D eigenvalue weighted by Gasteiger charge is -2.39. The molecule has 0 heterocycles. The van der Waals surface area contributed by atoms with Gasteiger partial charge in [-0.2, -0.15) is 0 Å². The minimum atomic E-state index is -1.71. The van der Waals surface area contributed by atoms with Gasteiger partial charge in [0.1, 0.15) is 0 Å². The molecule has 0 spiro atoms. The van der Waals surface area contributed by atoms with Gasteiger partial charge in [0.15, 0.2) is 8.32 Å². The van der Waals surface area contributed by atoms with Gasteiger partial charge < -0.3 is 9.53 Å². The molecule has 0 unspecified atom stereocenters. The van der Waals surface area contributed by atoms with Crippen molar-refractivity contribution in [3.05, 3.63) is 12.2 Å². The predicted molar refractivity (Wildman–Crippen MR) is 73.1 cm³/mol. The van der Waals surface area contributed by atoms with E-state index in [1.54, 1.807) is 6.08 Å². The van der Waals surface area contributed by atoms with Crippen molar-refractivity contribution >= 4 is 8.32 Å². The predicted octanol–water partition coefficient (Wildman–Crippen LogP) is 3.58. The maximum absolute atomic E-state index is 8.82. The summed E-state index contributed by atoms with van der Waals surface area (Å²) in [5.74, 6) is 0.442. The summed E-state index contributed by atoms with van der Waals surface area (Å²) < 4.78 is 6.31. The van der Waals surface area contributed by atoms with Crippen LogP contribution in [-0.2, 0) is 4.43 Å². The monoisotopic (exact) mass is 244 g/mol. The van der Waals surface area contributed by atoms with E-state index in [9.17, 15) is 0 Å². The fraction of sp³-hybridized carbons (Fsp3) is 0.846. The molecule has 1 N–H and O–H groups in total. The molecule has 2 nitrogen and oxygen atoms in total. The normalized spacial score (nSPS) is 16.1. The highest BCUT2D eigenvalue weighted by Gasteiger charge is 2.39. The third-order valence-electron chi connectivity index (χ3n) is 3.33. The average Bonchev–Trinajstić information content (AvgIpc) is 2.09. The lowest BCUT2D eigenvalue weighted by molar-refractivity contribution is 0.176. The molecule has 3 heteroatoms. The second kappa shape index (κ2) is 5.99. The summed E-state index contributed by atoms with van der Waals surface area (Å²) in [5.41, 5.74) is 0. The molecular weight excluding hydrogens is 216 g/mol. The largest absolute Gasteiger partial charge is 0.410 e. The van der Waals surface area contributed by atoms with E-state index in [1.165, 1.54) is 0 Å². The van der Waals surface area contributed by atoms with Crippen LogP contribution >= 0.6 is 0 Å². The van der Waals surface area contributed by atoms with Crippen LogP contribution in [0.3, 0.4) is 0 Å². The maximum Gasteiger partial charge on any atom is 0.192 e. The summed E-state index contributed by atoms with van der Waals surface area (Å²) in [6, 6.07) is 0. The molecule has 1 atom stereocenters. The lowest BCUT2D eigenvalue weighted by Crippen LogP contribution is -2.44. The highest BCUT2D eigenvalue weighted by molar-refractivity contribution is 6.74. The summed E-state index contributed by atoms with van der Waals surface area (Å²) in [5, 5.41) is 9.05. The van der Waals surface area contributed by atoms with Crippen LogP contribution in [0.2, 0.25) is 18.1 Å². The Morgan fingerprint density at radius 1 is 1.25 bits per heavy atom. The van der Waals surface area contributed by atoms with Gasteiger partial charge in [-0.1, -0.05) is 46.8 Å². The molecule has 0 aromatic carbocycles. The zero-order valence-electron chi connectivity index (χ0n) is 11.9. The minimum Gasteiger partial charge on any atom is -0.410 e. The molecule has 0 aliphatic rings. The molecule has 0 aromatic rings. The van der Waals surface area contributed by atoms with Gasteiger partial charge in [-0.25, -0.2) is 0 Å². The van der Waals surface area contributed by atoms with E-state index >= 15 is 0 Å². The fourth-order valence-corrected chi connectivity index (χ4v) is 2.49. The lowest BCUT2D eigenvalue weighted by atomic mass is 10.1. The molecule has 0 amide bonds. The van der Waals surface area contributed by atoms with Crippen LogP contribution in [0.5, 0.6) is 0 Å². The van der Waals surface area contributed by atoms with Crippen LogP contribution in [0.4, 0.5) is 0 Å². The van der Waals surface area contributed by atoms with E-state index in [0.29, 0.717) is 5.92 Å². The van der Waals surface area contributed by atoms with Gasteiger partial charge >= 0.3 is 0 Å². The maximum atomic E-state index is 8.82. The molecule has 0 aliphatic carbocycles. The van der Waals surface area contributed by atoms with Crippen LogP contribution < -0.4 is 0 Å². The van der Waals surface area contributed by atoms with Crippen molar-refractivity contribution in [1.82, 2.24) is 0 Å². The summed E-state index contributed by atoms with van der Waals surface area (Å²) in [7, 11) is -1.71. The number of hydrogen-bond donors (Lipinski definition) is 1. The van der Waals surface area contributed by atoms with Crippen LogP contribution in [0.1, 0.15) is 34.6 Å². The fourth-order valence-electron chi connectivity index (χ4n) is 1.11. The zero-order chi connectivity index (χ0) is 13.0. The van der Waals surface area contributed by atoms with Crippen molar-refractivity contribution in [1.29, 1.82) is 0 Å². The smallest absolute Gasteiger partial charge is 0.192 e. The molecule has 0 saturated heterocycles. The third kappa shape index (κ3) is 4.81. The topological polar surface area (TPSA) is 29.5 Å². The Kier molecular flexibility index (Phi) is 5.94. The van der Waals surface area contributed by atoms with E-state index in [2.05, 4.69) is 47.7 Å². The van der Waals surface area contributed by atoms with Gasteiger partial charge in [-0.05, 0) is 24.1 Å². The van der Waals surface area contributed by atoms with E-state index < -0.39 is 8.32 Å². The van der Waals surface area contributed by atoms with E-state index in [-0.39, 0.29) is 17.7 Å². The summed E-state index contributed by atoms with van der Waals surface area (Å²) in [4.78, 5) is 0. The highest BCUT2D eigenvalue weighted by atomic mass is 28.4. The molecule has 0 fully saturated rings. The van der Waals surface area contributed by atoms with Gasteiger partial charge in [0.25, 0.3) is 0 Å². The third-order valence-corrected chi connectivity index (χ3v) is 7.80. The van der Waals surface area contributed by atoms with E-state index in [1.807, 2.05) is 6.08 Å². The number of aliphatic hydroxyl groups excluding tert-OH is 1. The Labute approximate surface area is 102 Å². The van der Waals surface area contributed by atoms with Crippen molar-refractivity contribution in [3.8, 4) is 0 Å². The van der Waals surface area contributed by atoms with E-state index in [4.69, 9.17) is 9.53 Å². The SMILES string of the molecule is CC(C)[C@@H](/C=C/CO)O[Si](C)(C)C(C)(C)C. The summed E-state index contributed by atoms with van der Waals surface area (Å²) >= 11 is 0. The Balaban J connectivity index is 4.69. The number of aliphatic hydroxyl groups is 1. The number of rotatable bonds is 5. The Bertz CT molecular complexity index is 227. The van der Waals surface area contributed by atoms with Crippen LogP contribution in [-0.4, -0.2) is 26.1 Å². The minimum absolute atomic E-state index is 0.0874. The van der Waals surface area contributed by atoms with Gasteiger partial charge in [-0.15, -0.1) is 0 Å². The second-order valence-corrected chi connectivity index (χ2v) is 11.0. The standard InChI is InChI=1S/C13H28O2Si/c1-11(2)12(9-8-10-14)15-16(6,7)13(3,4)5/h8-9,11-12,14H,10H2,1-7H3/b9-8+/t12-/m1/s1. The molecule has 16 heavy (non-hydrogen) atoms. The number of hydrogen-bond acceptors (Lipinski definition) is 2. The first-order valence-electron chi connectivity index (χ1n) is 6.07. The van der Waals surface area contributed by atoms with Gasteiger partial charge in [-0.3, -0.25) is 0 Å². The van der Waals surface area contributed by atoms with Crippen LogP contribution in [0, 0.1) is 5.92 Å². The first-order valence-corrected chi connectivity index (χ1v) is 8.98. The Hall–Kier alpha value is -0.123. The second-order valence-electron chi connectivity index (χ2n) is 6.20. The van der Waals surface area contributed by atoms with Crippen LogP contribution in [0.25, 0.3) is 0 Å². The Morgan fingerprint density at radius 3 is 2.06 bits per heavy atom. The van der Waals surface area contributed by atoms with Crippen molar-refractivity contribution in [2.24, 2.45) is 5.92 Å². The molecule has 0 aliphatic heterocycles. The quantitative estimate of drug-likeness (QED) is 0.591. The van der Waals surface area contributed by atoms with Crippen molar-refractivity contribution in [3.63, 3.8) is 0 Å². The molecule has 0 aromatic heterocycles. The molecular formula is C13H28O2Si. The zero-order valence-corrected chi connectivity index (χ0v) is 12.9. The van der Waals surface area contributed by atoms with Crippen molar-refractivity contribution < 1.29 is 9.53 Å². The van der Waals surface area contributed by atoms with Crippen molar-refractivity contribution in [2.45, 2.75) is 58.9 Å². The molecule has 0 rings (SSSR count). The Morgan fingerprint density at radius 2 is 1.75 bits per heavy atom. The van der Waals surface area contributed by atoms with Gasteiger partial charge in [0.2, 0.25) is 0 Å². The first-order chi connectivity index (χ1) is 7.12. The molecule has 0 bridgehead atoms. The highest BCUT2D eigenvalue weighted by Crippen LogP contribution is 2.38. The molecule has 0 radical (unpaired) electrons. The van der Waals surface area contributed by atoms with E-state index in [0.717, 1.165) is 0 Å². The summed E-state index contributed by atoms with van der Waals surface area (Å²) in [6.45, 7) is 15.6. The molecule has 0 saturated carbocycles. The van der Waals surface area contributed by atoms with Crippen molar-refractivity contribution in [2.75, 3.05) is 6.61 Å².